The van der Waals surface area contributed by atoms with Crippen LogP contribution >= 0.6 is 0 Å². The van der Waals surface area contributed by atoms with E-state index in [0.29, 0.717) is 0 Å². The molecule has 0 fully saturated rings. The fraction of sp³-hybridized carbons (Fsp3) is 0.231. The van der Waals surface area contributed by atoms with Gasteiger partial charge >= 0.3 is 0 Å². The molecule has 0 aliphatic heterocycles. The van der Waals surface area contributed by atoms with Crippen molar-refractivity contribution in [1.29, 1.82) is 0 Å². The molecule has 1 aliphatic carbocycles. The topological polar surface area (TPSA) is 0 Å². The van der Waals surface area contributed by atoms with Gasteiger partial charge in [-0.25, -0.2) is 0 Å². The maximum atomic E-state index is 3.17. The second-order valence-corrected chi connectivity index (χ2v) is 2.82. The molecule has 0 amide bonds. The lowest BCUT2D eigenvalue weighted by molar-refractivity contribution is 1.05. The van der Waals surface area contributed by atoms with Gasteiger partial charge in [-0.2, -0.15) is 0 Å². The van der Waals surface area contributed by atoms with Crippen molar-refractivity contribution in [1.82, 2.24) is 0 Å². The Morgan fingerprint density at radius 3 is 2.23 bits per heavy atom. The first-order chi connectivity index (χ1) is 6.50. The summed E-state index contributed by atoms with van der Waals surface area (Å²) in [4.78, 5) is 0. The Labute approximate surface area is 80.7 Å². The predicted octanol–water partition coefficient (Wildman–Crippen LogP) is 3.75. The Hall–Kier alpha value is -1.30. The van der Waals surface area contributed by atoms with Crippen molar-refractivity contribution in [2.75, 3.05) is 0 Å². The number of allylic oxidation sites excluding steroid dienone is 10. The van der Waals surface area contributed by atoms with E-state index in [4.69, 9.17) is 0 Å². The van der Waals surface area contributed by atoms with E-state index in [9.17, 15) is 0 Å². The van der Waals surface area contributed by atoms with Crippen LogP contribution in [0, 0.1) is 6.08 Å². The lowest BCUT2D eigenvalue weighted by atomic mass is 10.2. The van der Waals surface area contributed by atoms with Crippen LogP contribution in [0.5, 0.6) is 0 Å². The van der Waals surface area contributed by atoms with Gasteiger partial charge < -0.3 is 0 Å². The highest BCUT2D eigenvalue weighted by Gasteiger charge is 1.75. The molecule has 1 rings (SSSR count). The van der Waals surface area contributed by atoms with Crippen LogP contribution in [0.3, 0.4) is 0 Å². The molecule has 0 aromatic heterocycles. The minimum atomic E-state index is 0.887. The van der Waals surface area contributed by atoms with E-state index < -0.39 is 0 Å². The Kier molecular flexibility index (Phi) is 5.54. The molecule has 0 nitrogen and oxygen atoms in total. The lowest BCUT2D eigenvalue weighted by Crippen LogP contribution is -1.63. The lowest BCUT2D eigenvalue weighted by Gasteiger charge is -1.83. The quantitative estimate of drug-likeness (QED) is 0.520. The van der Waals surface area contributed by atoms with Gasteiger partial charge in [0.15, 0.2) is 0 Å². The van der Waals surface area contributed by atoms with Crippen LogP contribution in [0.4, 0.5) is 0 Å². The van der Waals surface area contributed by atoms with Gasteiger partial charge in [0, 0.05) is 0 Å². The van der Waals surface area contributed by atoms with E-state index in [1.807, 2.05) is 18.2 Å². The summed E-state index contributed by atoms with van der Waals surface area (Å²) in [6.07, 6.45) is 25.0. The maximum absolute atomic E-state index is 3.17. The van der Waals surface area contributed by atoms with Crippen molar-refractivity contribution in [3.05, 3.63) is 60.8 Å². The van der Waals surface area contributed by atoms with Gasteiger partial charge in [0.05, 0.1) is 0 Å². The molecule has 0 heterocycles. The summed E-state index contributed by atoms with van der Waals surface area (Å²) in [5, 5.41) is 0. The van der Waals surface area contributed by atoms with Gasteiger partial charge in [-0.05, 0) is 25.3 Å². The van der Waals surface area contributed by atoms with E-state index in [-0.39, 0.29) is 0 Å². The maximum Gasteiger partial charge on any atom is -0.00915 e. The van der Waals surface area contributed by atoms with Crippen LogP contribution in [0.25, 0.3) is 0 Å². The van der Waals surface area contributed by atoms with Crippen molar-refractivity contribution in [2.24, 2.45) is 0 Å². The number of hydrogen-bond donors (Lipinski definition) is 0. The molecule has 0 atom stereocenters. The Balaban J connectivity index is 2.49. The van der Waals surface area contributed by atoms with E-state index >= 15 is 0 Å². The van der Waals surface area contributed by atoms with E-state index in [1.54, 1.807) is 0 Å². The summed E-state index contributed by atoms with van der Waals surface area (Å²) in [5.41, 5.74) is 0. The van der Waals surface area contributed by atoms with Gasteiger partial charge in [-0.3, -0.25) is 0 Å². The monoisotopic (exact) mass is 171 g/mol. The smallest absolute Gasteiger partial charge is 0.00915 e. The van der Waals surface area contributed by atoms with Gasteiger partial charge in [0.1, 0.15) is 0 Å². The molecular formula is C13H15. The SMILES string of the molecule is [C]1=C/C=C\CC/C=C/C=C\C=C\C/1. The van der Waals surface area contributed by atoms with Crippen LogP contribution < -0.4 is 0 Å². The molecule has 0 bridgehead atoms. The van der Waals surface area contributed by atoms with Crippen LogP contribution in [0.15, 0.2) is 54.7 Å². The second kappa shape index (κ2) is 7.35. The Morgan fingerprint density at radius 1 is 0.692 bits per heavy atom. The van der Waals surface area contributed by atoms with E-state index in [0.717, 1.165) is 19.3 Å². The van der Waals surface area contributed by atoms with Crippen LogP contribution in [0.1, 0.15) is 19.3 Å². The Morgan fingerprint density at radius 2 is 1.38 bits per heavy atom. The summed E-state index contributed by atoms with van der Waals surface area (Å²) >= 11 is 0. The van der Waals surface area contributed by atoms with Crippen LogP contribution in [0.2, 0.25) is 0 Å². The van der Waals surface area contributed by atoms with Crippen molar-refractivity contribution < 1.29 is 0 Å². The highest BCUT2D eigenvalue weighted by molar-refractivity contribution is 5.12. The minimum Gasteiger partial charge on any atom is -0.0842 e. The molecular weight excluding hydrogens is 156 g/mol. The first-order valence-corrected chi connectivity index (χ1v) is 4.70. The zero-order valence-corrected chi connectivity index (χ0v) is 7.82. The molecule has 0 saturated heterocycles. The molecule has 0 aromatic rings. The normalized spacial score (nSPS) is 30.2. The standard InChI is InChI=1S/C13H15/c1-2-4-6-8-10-12-13-11-9-7-5-3-1/h1-6,11-13H,7-9H2/b2-1-,5-3+,6-4+,12-10?,13-11-. The highest BCUT2D eigenvalue weighted by Crippen LogP contribution is 1.95. The summed E-state index contributed by atoms with van der Waals surface area (Å²) in [6.45, 7) is 0. The zero-order chi connectivity index (χ0) is 9.19. The van der Waals surface area contributed by atoms with Crippen molar-refractivity contribution in [3.63, 3.8) is 0 Å². The average molecular weight is 171 g/mol. The molecule has 0 heteroatoms. The largest absolute Gasteiger partial charge is 0.0842 e. The highest BCUT2D eigenvalue weighted by atomic mass is 13.8. The van der Waals surface area contributed by atoms with Crippen LogP contribution in [-0.4, -0.2) is 0 Å². The fourth-order valence-electron chi connectivity index (χ4n) is 1.01. The van der Waals surface area contributed by atoms with Gasteiger partial charge in [0.2, 0.25) is 0 Å². The van der Waals surface area contributed by atoms with E-state index in [1.165, 1.54) is 0 Å². The summed E-state index contributed by atoms with van der Waals surface area (Å²) in [7, 11) is 0. The first-order valence-electron chi connectivity index (χ1n) is 4.70. The molecule has 67 valence electrons. The third-order valence-corrected chi connectivity index (χ3v) is 1.69. The number of hydrogen-bond acceptors (Lipinski definition) is 0. The predicted molar refractivity (Wildman–Crippen MR) is 58.2 cm³/mol. The molecule has 0 unspecified atom stereocenters. The van der Waals surface area contributed by atoms with E-state index in [2.05, 4.69) is 42.5 Å². The minimum absolute atomic E-state index is 0.887. The van der Waals surface area contributed by atoms with Gasteiger partial charge in [-0.15, -0.1) is 0 Å². The molecule has 1 aliphatic rings. The Bertz CT molecular complexity index is 249. The summed E-state index contributed by atoms with van der Waals surface area (Å²) < 4.78 is 0. The molecule has 13 heavy (non-hydrogen) atoms. The van der Waals surface area contributed by atoms with Gasteiger partial charge in [0.25, 0.3) is 0 Å². The van der Waals surface area contributed by atoms with Crippen molar-refractivity contribution >= 4 is 0 Å². The zero-order valence-electron chi connectivity index (χ0n) is 7.82. The second-order valence-electron chi connectivity index (χ2n) is 2.82. The van der Waals surface area contributed by atoms with Crippen molar-refractivity contribution in [2.45, 2.75) is 19.3 Å². The third-order valence-electron chi connectivity index (χ3n) is 1.69. The summed E-state index contributed by atoms with van der Waals surface area (Å²) in [6, 6.07) is 0. The fourth-order valence-corrected chi connectivity index (χ4v) is 1.01. The summed E-state index contributed by atoms with van der Waals surface area (Å²) in [5.74, 6) is 0. The molecule has 0 aromatic carbocycles. The van der Waals surface area contributed by atoms with Gasteiger partial charge in [-0.1, -0.05) is 54.7 Å². The average Bonchev–Trinajstić information content (AvgIpc) is 2.18. The van der Waals surface area contributed by atoms with Crippen LogP contribution in [-0.2, 0) is 0 Å². The first kappa shape index (κ1) is 9.79. The molecule has 1 radical (unpaired) electrons. The third kappa shape index (κ3) is 5.92. The molecule has 0 spiro atoms. The molecule has 0 saturated carbocycles. The van der Waals surface area contributed by atoms with Crippen molar-refractivity contribution in [3.8, 4) is 0 Å². The number of rotatable bonds is 0. The molecule has 0 N–H and O–H groups in total.